The smallest absolute Gasteiger partial charge is 0.325 e. The van der Waals surface area contributed by atoms with E-state index in [1.165, 1.54) is 55.4 Å². The molecule has 0 spiro atoms. The zero-order chi connectivity index (χ0) is 67.3. The van der Waals surface area contributed by atoms with Gasteiger partial charge in [-0.15, -0.1) is 24.7 Å². The number of carboxylic acid groups (broad SMARTS) is 1. The summed E-state index contributed by atoms with van der Waals surface area (Å²) in [5.74, 6) is -8.81. The number of carbonyl (C=O) groups is 14. The van der Waals surface area contributed by atoms with Crippen LogP contribution >= 0.6 is 0 Å². The highest BCUT2D eigenvalue weighted by Crippen LogP contribution is 2.18. The minimum Gasteiger partial charge on any atom is -0.480 e. The minimum atomic E-state index is -1.21. The van der Waals surface area contributed by atoms with Crippen LogP contribution in [0.5, 0.6) is 0 Å². The number of ketones is 6. The third kappa shape index (κ3) is 34.0. The van der Waals surface area contributed by atoms with Gasteiger partial charge in [-0.1, -0.05) is 27.2 Å². The van der Waals surface area contributed by atoms with Gasteiger partial charge in [-0.2, -0.15) is 0 Å². The summed E-state index contributed by atoms with van der Waals surface area (Å²) in [5, 5.41) is 45.7. The van der Waals surface area contributed by atoms with Crippen molar-refractivity contribution in [2.45, 2.75) is 207 Å². The van der Waals surface area contributed by atoms with Crippen LogP contribution in [0.15, 0.2) is 0 Å². The third-order valence-electron chi connectivity index (χ3n) is 13.8. The molecule has 0 heterocycles. The molecule has 0 aliphatic rings. The molecule has 0 radical (unpaired) electrons. The lowest BCUT2D eigenvalue weighted by atomic mass is 9.93. The van der Waals surface area contributed by atoms with Crippen molar-refractivity contribution in [3.8, 4) is 24.7 Å². The van der Waals surface area contributed by atoms with Crippen LogP contribution in [0.25, 0.3) is 0 Å². The van der Waals surface area contributed by atoms with E-state index in [4.69, 9.17) is 35.2 Å². The molecule has 16 N–H and O–H groups in total. The fourth-order valence-electron chi connectivity index (χ4n) is 8.27. The predicted molar refractivity (Wildman–Crippen MR) is 321 cm³/mol. The van der Waals surface area contributed by atoms with Crippen molar-refractivity contribution < 1.29 is 82.4 Å². The lowest BCUT2D eigenvalue weighted by Gasteiger charge is -2.24. The van der Waals surface area contributed by atoms with E-state index in [0.29, 0.717) is 45.2 Å². The van der Waals surface area contributed by atoms with Crippen molar-refractivity contribution in [3.05, 3.63) is 0 Å². The summed E-state index contributed by atoms with van der Waals surface area (Å²) in [6.07, 6.45) is 12.1. The molecule has 0 unspecified atom stereocenters. The lowest BCUT2D eigenvalue weighted by molar-refractivity contribution is -0.142. The van der Waals surface area contributed by atoms with E-state index >= 15 is 0 Å². The van der Waals surface area contributed by atoms with E-state index in [1.54, 1.807) is 13.8 Å². The average Bonchev–Trinajstić information content (AvgIpc) is 3.60. The molecule has 0 aliphatic heterocycles. The number of aliphatic carboxylic acids is 1. The number of aliphatic hydroxyl groups excluding tert-OH is 2. The van der Waals surface area contributed by atoms with Gasteiger partial charge in [0.25, 0.3) is 0 Å². The average molecular weight is 1230 g/mol. The Bertz CT molecular complexity index is 2420. The maximum Gasteiger partial charge on any atom is 0.325 e. The molecule has 490 valence electrons. The van der Waals surface area contributed by atoms with Crippen LogP contribution in [-0.4, -0.2) is 172 Å². The number of unbranched alkanes of at least 4 members (excludes halogenated alkanes) is 2. The standard InChI is InChI=1S/C41H65N7O10.C19H33N3O7/c1-10-14-29(20-34(51)28(9)45-39(56)26(7)43)40(57)46-27(8)33(50)18-24(5)37(54)47-31(15-11-2)35(52)19-25(6)38(55)48-32(16-12-13-17-42)36(53)21-30(22-49)41(58)44-23(3)4;1-11(17(26)21-13(3)19(28)29)8-16(25)15(10-23)22-18(27)14(9-12(2)24)6-4-5-7-20/h1-2,23-32,49H,12-22,42-43H2,3-9H3,(H,44,58)(H,45,56)(H,46,57)(H,47,54)(H,48,55);11,13-15,23H,4-10,20H2,1-3H3,(H,21,26)(H,22,27)(H,28,29)/t24-,25-,26+,27+,28+,29-,30+,31+,32+;11-,13+,14-,15+/m11/s1. The molecule has 13 atom stereocenters. The first-order valence-corrected chi connectivity index (χ1v) is 29.4. The van der Waals surface area contributed by atoms with Crippen molar-refractivity contribution in [2.75, 3.05) is 26.3 Å². The highest BCUT2D eigenvalue weighted by atomic mass is 16.4. The molecule has 0 saturated carbocycles. The van der Waals surface area contributed by atoms with Gasteiger partial charge < -0.3 is 74.5 Å². The minimum absolute atomic E-state index is 0.0224. The fourth-order valence-corrected chi connectivity index (χ4v) is 8.27. The van der Waals surface area contributed by atoms with Gasteiger partial charge in [-0.25, -0.2) is 0 Å². The number of nitrogens with one attached hydrogen (secondary N) is 7. The van der Waals surface area contributed by atoms with E-state index < -0.39 is 167 Å². The first-order chi connectivity index (χ1) is 40.7. The molecule has 0 aromatic rings. The second-order valence-electron chi connectivity index (χ2n) is 22.5. The van der Waals surface area contributed by atoms with Gasteiger partial charge in [0, 0.05) is 81.1 Å². The van der Waals surface area contributed by atoms with Crippen molar-refractivity contribution in [1.82, 2.24) is 37.2 Å². The Morgan fingerprint density at radius 3 is 1.25 bits per heavy atom. The molecule has 0 fully saturated rings. The van der Waals surface area contributed by atoms with Gasteiger partial charge in [0.1, 0.15) is 17.9 Å². The second-order valence-corrected chi connectivity index (χ2v) is 22.5. The zero-order valence-corrected chi connectivity index (χ0v) is 52.3. The molecule has 0 rings (SSSR count). The predicted octanol–water partition coefficient (Wildman–Crippen LogP) is -1.28. The highest BCUT2D eigenvalue weighted by Gasteiger charge is 2.34. The normalized spacial score (nSPS) is 15.4. The number of terminal acetylenes is 2. The SMILES string of the molecule is C#CC[C@H](CC(=O)[C@H](C)NC(=O)[C@H](C)N)C(=O)N[C@@H](C)C(=O)C[C@@H](C)C(=O)N[C@@H](CC#C)C(=O)C[C@@H](C)C(=O)N[C@@H](CCCCN)C(=O)C[C@@H](CO)C(=O)NC(C)C.CC(=O)C[C@@H](CCCCN)C(=O)N[C@@H](CO)C(=O)C[C@@H](C)C(=O)N[C@@H](C)C(=O)O. The van der Waals surface area contributed by atoms with E-state index in [9.17, 15) is 77.3 Å². The van der Waals surface area contributed by atoms with Crippen LogP contribution < -0.4 is 54.4 Å². The zero-order valence-electron chi connectivity index (χ0n) is 52.3. The van der Waals surface area contributed by atoms with Crippen LogP contribution in [0.3, 0.4) is 0 Å². The maximum atomic E-state index is 13.3. The Balaban J connectivity index is 0. The van der Waals surface area contributed by atoms with Gasteiger partial charge in [-0.3, -0.25) is 62.3 Å². The van der Waals surface area contributed by atoms with Crippen molar-refractivity contribution in [2.24, 2.45) is 52.7 Å². The number of hydrogen-bond acceptors (Lipinski definition) is 19. The van der Waals surface area contributed by atoms with E-state index in [-0.39, 0.29) is 69.6 Å². The Kier molecular flexibility index (Phi) is 41.5. The molecular weight excluding hydrogens is 1130 g/mol. The number of hydrogen-bond donors (Lipinski definition) is 13. The molecule has 0 saturated heterocycles. The monoisotopic (exact) mass is 1230 g/mol. The summed E-state index contributed by atoms with van der Waals surface area (Å²) in [5.41, 5.74) is 16.6. The van der Waals surface area contributed by atoms with Crippen molar-refractivity contribution in [1.29, 1.82) is 0 Å². The third-order valence-corrected chi connectivity index (χ3v) is 13.8. The second kappa shape index (κ2) is 44.2. The first-order valence-electron chi connectivity index (χ1n) is 29.4. The van der Waals surface area contributed by atoms with Gasteiger partial charge in [0.15, 0.2) is 28.9 Å². The van der Waals surface area contributed by atoms with E-state index in [2.05, 4.69) is 49.1 Å². The van der Waals surface area contributed by atoms with Gasteiger partial charge >= 0.3 is 5.97 Å². The first kappa shape index (κ1) is 81.8. The summed E-state index contributed by atoms with van der Waals surface area (Å²) in [7, 11) is 0. The van der Waals surface area contributed by atoms with Crippen LogP contribution in [0.2, 0.25) is 0 Å². The summed E-state index contributed by atoms with van der Waals surface area (Å²) in [6.45, 7) is 14.4. The molecular formula is C60H98N10O17. The van der Waals surface area contributed by atoms with Crippen molar-refractivity contribution >= 4 is 82.0 Å². The molecule has 27 heteroatoms. The number of amides is 7. The van der Waals surface area contributed by atoms with Crippen LogP contribution in [0.1, 0.15) is 159 Å². The number of Topliss-reactive ketones (excluding diaryl/α,β-unsaturated/α-hetero) is 6. The van der Waals surface area contributed by atoms with Gasteiger partial charge in [0.2, 0.25) is 41.4 Å². The van der Waals surface area contributed by atoms with E-state index in [1.807, 2.05) is 0 Å². The Morgan fingerprint density at radius 1 is 0.414 bits per heavy atom. The molecule has 0 bridgehead atoms. The fraction of sp³-hybridized carbons (Fsp3) is 0.700. The van der Waals surface area contributed by atoms with Crippen LogP contribution in [0, 0.1) is 60.2 Å². The van der Waals surface area contributed by atoms with E-state index in [0.717, 1.165) is 0 Å². The Labute approximate surface area is 511 Å². The summed E-state index contributed by atoms with van der Waals surface area (Å²) >= 11 is 0. The summed E-state index contributed by atoms with van der Waals surface area (Å²) in [4.78, 5) is 175. The number of nitrogens with two attached hydrogens (primary N) is 3. The largest absolute Gasteiger partial charge is 0.480 e. The van der Waals surface area contributed by atoms with Crippen LogP contribution in [0.4, 0.5) is 0 Å². The molecule has 0 aromatic heterocycles. The van der Waals surface area contributed by atoms with Gasteiger partial charge in [0.05, 0.1) is 55.3 Å². The lowest BCUT2D eigenvalue weighted by Crippen LogP contribution is -2.48. The summed E-state index contributed by atoms with van der Waals surface area (Å²) in [6, 6.07) is -7.58. The molecule has 7 amide bonds. The number of rotatable bonds is 44. The maximum absolute atomic E-state index is 13.3. The highest BCUT2D eigenvalue weighted by molar-refractivity contribution is 5.98. The topological polar surface area (TPSA) is 462 Å². The molecule has 0 aliphatic carbocycles. The van der Waals surface area contributed by atoms with Gasteiger partial charge in [-0.05, 0) is 93.7 Å². The quantitative estimate of drug-likeness (QED) is 0.0250. The number of aliphatic hydroxyl groups is 2. The van der Waals surface area contributed by atoms with Crippen LogP contribution in [-0.2, 0) is 67.1 Å². The summed E-state index contributed by atoms with van der Waals surface area (Å²) < 4.78 is 0. The van der Waals surface area contributed by atoms with Crippen molar-refractivity contribution in [3.63, 3.8) is 0 Å². The Morgan fingerprint density at radius 2 is 0.805 bits per heavy atom. The number of carboxylic acids is 1. The Hall–Kier alpha value is -7.30. The molecule has 27 nitrogen and oxygen atoms in total. The number of carbonyl (C=O) groups excluding carboxylic acids is 13. The molecule has 87 heavy (non-hydrogen) atoms. The molecule has 0 aromatic carbocycles.